The summed E-state index contributed by atoms with van der Waals surface area (Å²) in [7, 11) is 0. The van der Waals surface area contributed by atoms with Gasteiger partial charge in [-0.25, -0.2) is 0 Å². The number of carboxylic acids is 1. The fraction of sp³-hybridized carbons (Fsp3) is 0.743. The van der Waals surface area contributed by atoms with E-state index in [-0.39, 0.29) is 25.7 Å². The highest BCUT2D eigenvalue weighted by molar-refractivity contribution is 5.86. The number of aliphatic carboxylic acids is 1. The molecule has 0 aromatic heterocycles. The lowest BCUT2D eigenvalue weighted by atomic mass is 9.58. The van der Waals surface area contributed by atoms with Crippen molar-refractivity contribution in [3.8, 4) is 0 Å². The summed E-state index contributed by atoms with van der Waals surface area (Å²) in [6, 6.07) is 0. The maximum atomic E-state index is 14.1. The lowest BCUT2D eigenvalue weighted by Gasteiger charge is -2.50. The maximum absolute atomic E-state index is 14.1. The van der Waals surface area contributed by atoms with Crippen LogP contribution >= 0.6 is 0 Å². The van der Waals surface area contributed by atoms with Crippen molar-refractivity contribution < 1.29 is 81.7 Å². The van der Waals surface area contributed by atoms with E-state index in [0.717, 1.165) is 34.6 Å². The molecule has 0 radical (unpaired) electrons. The summed E-state index contributed by atoms with van der Waals surface area (Å²) in [5, 5.41) is 22.4. The van der Waals surface area contributed by atoms with Crippen LogP contribution in [0, 0.1) is 28.6 Å². The molecule has 0 aromatic carbocycles. The molecule has 52 heavy (non-hydrogen) atoms. The predicted octanol–water partition coefficient (Wildman–Crippen LogP) is 0.900. The van der Waals surface area contributed by atoms with E-state index in [1.807, 2.05) is 0 Å². The maximum Gasteiger partial charge on any atom is 0.316 e. The third-order valence-corrected chi connectivity index (χ3v) is 12.1. The second-order valence-electron chi connectivity index (χ2n) is 15.2. The minimum Gasteiger partial charge on any atom is -0.481 e. The number of aliphatic hydroxyl groups is 1. The molecule has 6 rings (SSSR count). The van der Waals surface area contributed by atoms with Gasteiger partial charge in [-0.3, -0.25) is 33.6 Å². The Balaban J connectivity index is 1.46. The van der Waals surface area contributed by atoms with Crippen LogP contribution < -0.4 is 0 Å². The summed E-state index contributed by atoms with van der Waals surface area (Å²) in [4.78, 5) is 89.1. The SMILES string of the molecule is C=C1C[C@]23C[C@@]1(O)CC[C@H]2[C@@]12C[C@H](O[C@@H]4O[C@H](COC(C)=O)[C@@H](OC(C)=O)[C@H](OC(C)=O)[C@H]4OC(C)=O)[C@H](OC(C)=O)[C@@](C)(C(=O)O1)[C@H]2[C@@H]3C(=O)O. The first-order valence-corrected chi connectivity index (χ1v) is 17.2. The Hall–Kier alpha value is -4.09. The van der Waals surface area contributed by atoms with Crippen LogP contribution in [0.4, 0.5) is 0 Å². The van der Waals surface area contributed by atoms with Gasteiger partial charge in [-0.15, -0.1) is 0 Å². The average Bonchev–Trinajstić information content (AvgIpc) is 3.44. The molecule has 17 nitrogen and oxygen atoms in total. The molecule has 2 saturated heterocycles. The predicted molar refractivity (Wildman–Crippen MR) is 167 cm³/mol. The van der Waals surface area contributed by atoms with E-state index < -0.39 is 131 Å². The molecular weight excluding hydrogens is 692 g/mol. The topological polar surface area (TPSA) is 234 Å². The van der Waals surface area contributed by atoms with Crippen molar-refractivity contribution in [2.75, 3.05) is 6.61 Å². The molecule has 0 unspecified atom stereocenters. The highest BCUT2D eigenvalue weighted by Gasteiger charge is 2.86. The number of hydrogen-bond donors (Lipinski definition) is 2. The van der Waals surface area contributed by atoms with Gasteiger partial charge in [-0.2, -0.15) is 0 Å². The first kappa shape index (κ1) is 37.7. The third kappa shape index (κ3) is 5.66. The average molecular weight is 737 g/mol. The minimum atomic E-state index is -1.80. The summed E-state index contributed by atoms with van der Waals surface area (Å²) in [5.41, 5.74) is -5.11. The molecule has 6 fully saturated rings. The fourth-order valence-electron chi connectivity index (χ4n) is 10.6. The van der Waals surface area contributed by atoms with Gasteiger partial charge in [-0.1, -0.05) is 6.58 Å². The van der Waals surface area contributed by atoms with E-state index in [1.54, 1.807) is 0 Å². The highest BCUT2D eigenvalue weighted by Crippen LogP contribution is 2.78. The highest BCUT2D eigenvalue weighted by atomic mass is 16.7. The van der Waals surface area contributed by atoms with Gasteiger partial charge in [0, 0.05) is 52.9 Å². The van der Waals surface area contributed by atoms with Crippen LogP contribution in [-0.2, 0) is 71.5 Å². The van der Waals surface area contributed by atoms with Crippen LogP contribution in [0.5, 0.6) is 0 Å². The van der Waals surface area contributed by atoms with Crippen LogP contribution in [0.15, 0.2) is 12.2 Å². The Morgan fingerprint density at radius 1 is 0.885 bits per heavy atom. The van der Waals surface area contributed by atoms with E-state index in [1.165, 1.54) is 6.92 Å². The smallest absolute Gasteiger partial charge is 0.316 e. The van der Waals surface area contributed by atoms with Crippen LogP contribution in [0.2, 0.25) is 0 Å². The van der Waals surface area contributed by atoms with Crippen molar-refractivity contribution in [2.24, 2.45) is 28.6 Å². The Kier molecular flexibility index (Phi) is 9.27. The van der Waals surface area contributed by atoms with Gasteiger partial charge in [0.05, 0.1) is 11.5 Å². The van der Waals surface area contributed by atoms with Crippen molar-refractivity contribution >= 4 is 41.8 Å². The van der Waals surface area contributed by atoms with Gasteiger partial charge in [0.25, 0.3) is 0 Å². The Morgan fingerprint density at radius 2 is 1.48 bits per heavy atom. The number of hydrogen-bond acceptors (Lipinski definition) is 16. The van der Waals surface area contributed by atoms with Crippen LogP contribution in [0.25, 0.3) is 0 Å². The van der Waals surface area contributed by atoms with Crippen molar-refractivity contribution in [1.29, 1.82) is 0 Å². The van der Waals surface area contributed by atoms with E-state index in [4.69, 9.17) is 37.9 Å². The van der Waals surface area contributed by atoms with E-state index >= 15 is 0 Å². The normalized spacial score (nSPS) is 44.1. The molecule has 17 heteroatoms. The number of carboxylic acid groups (broad SMARTS) is 1. The van der Waals surface area contributed by atoms with Gasteiger partial charge < -0.3 is 48.1 Å². The van der Waals surface area contributed by atoms with Crippen molar-refractivity contribution in [2.45, 2.75) is 128 Å². The second-order valence-corrected chi connectivity index (χ2v) is 15.2. The zero-order valence-electron chi connectivity index (χ0n) is 29.7. The molecule has 4 aliphatic carbocycles. The summed E-state index contributed by atoms with van der Waals surface area (Å²) in [5.74, 6) is -8.90. The molecule has 0 aromatic rings. The molecule has 0 amide bonds. The van der Waals surface area contributed by atoms with Gasteiger partial charge >= 0.3 is 41.8 Å². The lowest BCUT2D eigenvalue weighted by Crippen LogP contribution is -2.66. The second kappa shape index (κ2) is 12.8. The molecule has 6 aliphatic rings. The monoisotopic (exact) mass is 736 g/mol. The van der Waals surface area contributed by atoms with Crippen LogP contribution in [0.3, 0.4) is 0 Å². The Morgan fingerprint density at radius 3 is 2.06 bits per heavy atom. The van der Waals surface area contributed by atoms with E-state index in [2.05, 4.69) is 6.58 Å². The van der Waals surface area contributed by atoms with Crippen molar-refractivity contribution in [3.05, 3.63) is 12.2 Å². The number of fused-ring (bicyclic) bond motifs is 1. The molecule has 286 valence electrons. The molecule has 4 bridgehead atoms. The van der Waals surface area contributed by atoms with E-state index in [9.17, 15) is 43.8 Å². The summed E-state index contributed by atoms with van der Waals surface area (Å²) in [6.07, 6.45) is -9.86. The standard InChI is InChI=1S/C35H44O17/c1-14-10-33-13-34(14,44)9-8-22(33)35-11-20(28(49-19(6)40)32(7,31(43)52-35)27(35)23(33)29(41)42)50-30-26(48-18(5)39)25(47-17(4)38)24(46-16(3)37)21(51-30)12-45-15(2)36/h20-28,30,44H,1,8-13H2,2-7H3,(H,41,42)/t20-,21+,22+,23+,24+,25-,26+,27+,28-,30+,32-,33-,34-,35+/m0/s1. The summed E-state index contributed by atoms with van der Waals surface area (Å²) >= 11 is 0. The van der Waals surface area contributed by atoms with Crippen LogP contribution in [-0.4, -0.2) is 113 Å². The first-order chi connectivity index (χ1) is 24.2. The molecule has 2 aliphatic heterocycles. The molecular formula is C35H44O17. The van der Waals surface area contributed by atoms with Crippen LogP contribution in [0.1, 0.15) is 73.6 Å². The minimum absolute atomic E-state index is 0.0931. The first-order valence-electron chi connectivity index (χ1n) is 17.2. The summed E-state index contributed by atoms with van der Waals surface area (Å²) in [6.45, 7) is 10.5. The van der Waals surface area contributed by atoms with Gasteiger partial charge in [0.15, 0.2) is 24.6 Å². The number of esters is 6. The lowest BCUT2D eigenvalue weighted by molar-refractivity contribution is -0.330. The van der Waals surface area contributed by atoms with Crippen molar-refractivity contribution in [1.82, 2.24) is 0 Å². The Bertz CT molecular complexity index is 1610. The number of rotatable bonds is 9. The zero-order chi connectivity index (χ0) is 38.3. The molecule has 4 saturated carbocycles. The number of carbonyl (C=O) groups excluding carboxylic acids is 6. The van der Waals surface area contributed by atoms with Gasteiger partial charge in [0.2, 0.25) is 0 Å². The number of carbonyl (C=O) groups is 7. The van der Waals surface area contributed by atoms with E-state index in [0.29, 0.717) is 12.0 Å². The third-order valence-electron chi connectivity index (χ3n) is 12.1. The Labute approximate surface area is 298 Å². The fourth-order valence-corrected chi connectivity index (χ4v) is 10.6. The zero-order valence-corrected chi connectivity index (χ0v) is 29.7. The van der Waals surface area contributed by atoms with Gasteiger partial charge in [-0.05, 0) is 43.6 Å². The molecule has 1 spiro atoms. The molecule has 2 heterocycles. The molecule has 14 atom stereocenters. The quantitative estimate of drug-likeness (QED) is 0.190. The van der Waals surface area contributed by atoms with Crippen molar-refractivity contribution in [3.63, 3.8) is 0 Å². The van der Waals surface area contributed by atoms with Gasteiger partial charge in [0.1, 0.15) is 35.9 Å². The molecule has 2 N–H and O–H groups in total. The largest absolute Gasteiger partial charge is 0.481 e. The summed E-state index contributed by atoms with van der Waals surface area (Å²) < 4.78 is 46.6. The number of ether oxygens (including phenoxy) is 8.